The first-order chi connectivity index (χ1) is 5.24. The van der Waals surface area contributed by atoms with Gasteiger partial charge in [0.1, 0.15) is 0 Å². The van der Waals surface area contributed by atoms with E-state index in [9.17, 15) is 0 Å². The average Bonchev–Trinajstić information content (AvgIpc) is 2.81. The van der Waals surface area contributed by atoms with Crippen molar-refractivity contribution in [1.29, 1.82) is 0 Å². The maximum Gasteiger partial charge on any atom is 0.00643 e. The van der Waals surface area contributed by atoms with Gasteiger partial charge in [-0.2, -0.15) is 0 Å². The molecule has 1 N–H and O–H groups in total. The first-order valence-corrected chi connectivity index (χ1v) is 4.97. The Balaban J connectivity index is 2.03. The molecule has 66 valence electrons. The standard InChI is InChI=1S/C10H21N/c1-4-8(2)9(3)11-7-10-5-6-10/h8-11H,4-7H2,1-3H3/t8-,9-/m0/s1. The molecule has 1 aliphatic carbocycles. The van der Waals surface area contributed by atoms with E-state index in [-0.39, 0.29) is 0 Å². The van der Waals surface area contributed by atoms with Gasteiger partial charge in [-0.3, -0.25) is 0 Å². The van der Waals surface area contributed by atoms with Gasteiger partial charge in [0, 0.05) is 6.04 Å². The quantitative estimate of drug-likeness (QED) is 0.643. The largest absolute Gasteiger partial charge is 0.314 e. The second-order valence-corrected chi connectivity index (χ2v) is 4.03. The second-order valence-electron chi connectivity index (χ2n) is 4.03. The third kappa shape index (κ3) is 3.24. The lowest BCUT2D eigenvalue weighted by molar-refractivity contribution is 0.385. The predicted molar refractivity (Wildman–Crippen MR) is 49.6 cm³/mol. The molecule has 2 atom stereocenters. The van der Waals surface area contributed by atoms with Crippen molar-refractivity contribution in [3.8, 4) is 0 Å². The van der Waals surface area contributed by atoms with Crippen LogP contribution in [0.1, 0.15) is 40.0 Å². The zero-order valence-electron chi connectivity index (χ0n) is 8.06. The molecule has 11 heavy (non-hydrogen) atoms. The molecule has 1 aliphatic rings. The van der Waals surface area contributed by atoms with Crippen molar-refractivity contribution >= 4 is 0 Å². The highest BCUT2D eigenvalue weighted by molar-refractivity contribution is 4.78. The molecule has 0 aromatic rings. The first-order valence-electron chi connectivity index (χ1n) is 4.97. The van der Waals surface area contributed by atoms with Gasteiger partial charge in [0.05, 0.1) is 0 Å². The molecule has 0 aliphatic heterocycles. The number of rotatable bonds is 5. The molecule has 0 radical (unpaired) electrons. The predicted octanol–water partition coefficient (Wildman–Crippen LogP) is 2.42. The van der Waals surface area contributed by atoms with Gasteiger partial charge in [-0.15, -0.1) is 0 Å². The maximum atomic E-state index is 3.60. The van der Waals surface area contributed by atoms with Crippen molar-refractivity contribution in [2.24, 2.45) is 11.8 Å². The highest BCUT2D eigenvalue weighted by Gasteiger charge is 2.21. The SMILES string of the molecule is CC[C@H](C)[C@H](C)NCC1CC1. The minimum Gasteiger partial charge on any atom is -0.314 e. The van der Waals surface area contributed by atoms with Crippen LogP contribution in [0.4, 0.5) is 0 Å². The zero-order valence-corrected chi connectivity index (χ0v) is 8.06. The Morgan fingerprint density at radius 3 is 2.45 bits per heavy atom. The van der Waals surface area contributed by atoms with Gasteiger partial charge in [0.25, 0.3) is 0 Å². The van der Waals surface area contributed by atoms with Crippen LogP contribution in [0.25, 0.3) is 0 Å². The Hall–Kier alpha value is -0.0400. The summed E-state index contributed by atoms with van der Waals surface area (Å²) in [5, 5.41) is 3.60. The third-order valence-electron chi connectivity index (χ3n) is 2.92. The van der Waals surface area contributed by atoms with Crippen molar-refractivity contribution in [1.82, 2.24) is 5.32 Å². The van der Waals surface area contributed by atoms with E-state index in [0.717, 1.165) is 11.8 Å². The van der Waals surface area contributed by atoms with Crippen LogP contribution in [-0.4, -0.2) is 12.6 Å². The Bertz CT molecular complexity index is 107. The van der Waals surface area contributed by atoms with E-state index in [0.29, 0.717) is 6.04 Å². The maximum absolute atomic E-state index is 3.60. The molecule has 0 unspecified atom stereocenters. The molecular formula is C10H21N. The van der Waals surface area contributed by atoms with E-state index < -0.39 is 0 Å². The lowest BCUT2D eigenvalue weighted by Gasteiger charge is -2.19. The summed E-state index contributed by atoms with van der Waals surface area (Å²) < 4.78 is 0. The summed E-state index contributed by atoms with van der Waals surface area (Å²) in [6.07, 6.45) is 4.21. The van der Waals surface area contributed by atoms with E-state index in [1.165, 1.54) is 25.8 Å². The van der Waals surface area contributed by atoms with Crippen LogP contribution in [0.5, 0.6) is 0 Å². The summed E-state index contributed by atoms with van der Waals surface area (Å²) in [6, 6.07) is 0.709. The van der Waals surface area contributed by atoms with Crippen molar-refractivity contribution in [3.63, 3.8) is 0 Å². The van der Waals surface area contributed by atoms with Gasteiger partial charge < -0.3 is 5.32 Å². The lowest BCUT2D eigenvalue weighted by Crippen LogP contribution is -2.33. The van der Waals surface area contributed by atoms with E-state index in [1.807, 2.05) is 0 Å². The van der Waals surface area contributed by atoms with E-state index in [4.69, 9.17) is 0 Å². The molecule has 0 saturated heterocycles. The number of hydrogen-bond acceptors (Lipinski definition) is 1. The summed E-state index contributed by atoms with van der Waals surface area (Å²) in [4.78, 5) is 0. The molecule has 0 aromatic heterocycles. The summed E-state index contributed by atoms with van der Waals surface area (Å²) >= 11 is 0. The van der Waals surface area contributed by atoms with Crippen molar-refractivity contribution < 1.29 is 0 Å². The highest BCUT2D eigenvalue weighted by atomic mass is 14.9. The van der Waals surface area contributed by atoms with E-state index >= 15 is 0 Å². The number of hydrogen-bond donors (Lipinski definition) is 1. The van der Waals surface area contributed by atoms with E-state index in [2.05, 4.69) is 26.1 Å². The molecule has 1 fully saturated rings. The lowest BCUT2D eigenvalue weighted by atomic mass is 10.0. The minimum absolute atomic E-state index is 0.709. The summed E-state index contributed by atoms with van der Waals surface area (Å²) in [7, 11) is 0. The fourth-order valence-electron chi connectivity index (χ4n) is 1.23. The van der Waals surface area contributed by atoms with Gasteiger partial charge in [-0.25, -0.2) is 0 Å². The van der Waals surface area contributed by atoms with Gasteiger partial charge in [-0.1, -0.05) is 20.3 Å². The highest BCUT2D eigenvalue weighted by Crippen LogP contribution is 2.27. The van der Waals surface area contributed by atoms with E-state index in [1.54, 1.807) is 0 Å². The fraction of sp³-hybridized carbons (Fsp3) is 1.00. The summed E-state index contributed by atoms with van der Waals surface area (Å²) in [6.45, 7) is 8.15. The molecule has 0 spiro atoms. The number of nitrogens with one attached hydrogen (secondary N) is 1. The smallest absolute Gasteiger partial charge is 0.00643 e. The Morgan fingerprint density at radius 1 is 1.36 bits per heavy atom. The molecule has 0 amide bonds. The molecule has 1 heteroatoms. The molecule has 1 rings (SSSR count). The third-order valence-corrected chi connectivity index (χ3v) is 2.92. The van der Waals surface area contributed by atoms with Crippen LogP contribution in [0.2, 0.25) is 0 Å². The van der Waals surface area contributed by atoms with Crippen LogP contribution in [0, 0.1) is 11.8 Å². The normalized spacial score (nSPS) is 23.2. The molecule has 1 saturated carbocycles. The summed E-state index contributed by atoms with van der Waals surface area (Å²) in [5.41, 5.74) is 0. The van der Waals surface area contributed by atoms with Gasteiger partial charge >= 0.3 is 0 Å². The van der Waals surface area contributed by atoms with Crippen LogP contribution in [0.15, 0.2) is 0 Å². The Kier molecular flexibility index (Phi) is 3.38. The molecule has 0 bridgehead atoms. The van der Waals surface area contributed by atoms with Gasteiger partial charge in [-0.05, 0) is 38.1 Å². The molecular weight excluding hydrogens is 134 g/mol. The second kappa shape index (κ2) is 4.10. The Labute approximate surface area is 70.6 Å². The summed E-state index contributed by atoms with van der Waals surface area (Å²) in [5.74, 6) is 1.84. The van der Waals surface area contributed by atoms with Crippen molar-refractivity contribution in [3.05, 3.63) is 0 Å². The van der Waals surface area contributed by atoms with Crippen molar-refractivity contribution in [2.75, 3.05) is 6.54 Å². The zero-order chi connectivity index (χ0) is 8.27. The van der Waals surface area contributed by atoms with Crippen LogP contribution >= 0.6 is 0 Å². The minimum atomic E-state index is 0.709. The molecule has 0 aromatic carbocycles. The van der Waals surface area contributed by atoms with Gasteiger partial charge in [0.2, 0.25) is 0 Å². The Morgan fingerprint density at radius 2 is 2.00 bits per heavy atom. The van der Waals surface area contributed by atoms with Crippen LogP contribution in [0.3, 0.4) is 0 Å². The monoisotopic (exact) mass is 155 g/mol. The van der Waals surface area contributed by atoms with Gasteiger partial charge in [0.15, 0.2) is 0 Å². The fourth-order valence-corrected chi connectivity index (χ4v) is 1.23. The first kappa shape index (κ1) is 9.05. The van der Waals surface area contributed by atoms with Crippen LogP contribution in [-0.2, 0) is 0 Å². The molecule has 1 nitrogen and oxygen atoms in total. The topological polar surface area (TPSA) is 12.0 Å². The van der Waals surface area contributed by atoms with Crippen molar-refractivity contribution in [2.45, 2.75) is 46.1 Å². The molecule has 0 heterocycles. The van der Waals surface area contributed by atoms with Crippen LogP contribution < -0.4 is 5.32 Å². The average molecular weight is 155 g/mol.